The molecule has 15 heavy (non-hydrogen) atoms. The highest BCUT2D eigenvalue weighted by Crippen LogP contribution is 2.35. The molecule has 5 heteroatoms. The van der Waals surface area contributed by atoms with Crippen molar-refractivity contribution in [2.75, 3.05) is 13.1 Å². The summed E-state index contributed by atoms with van der Waals surface area (Å²) >= 11 is 0. The Hall–Kier alpha value is -0.810. The molecule has 2 aliphatic rings. The Balaban J connectivity index is 2.02. The third-order valence-corrected chi connectivity index (χ3v) is 3.63. The Morgan fingerprint density at radius 1 is 1.33 bits per heavy atom. The van der Waals surface area contributed by atoms with E-state index < -0.39 is 11.7 Å². The third kappa shape index (κ3) is 2.08. The van der Waals surface area contributed by atoms with E-state index in [1.165, 1.54) is 0 Å². The van der Waals surface area contributed by atoms with Gasteiger partial charge in [-0.2, -0.15) is 0 Å². The lowest BCUT2D eigenvalue weighted by Gasteiger charge is -2.48. The molecule has 0 bridgehead atoms. The van der Waals surface area contributed by atoms with Crippen LogP contribution >= 0.6 is 0 Å². The van der Waals surface area contributed by atoms with Crippen molar-refractivity contribution in [3.8, 4) is 0 Å². The van der Waals surface area contributed by atoms with Crippen molar-refractivity contribution >= 4 is 6.09 Å². The largest absolute Gasteiger partial charge is 0.465 e. The SMILES string of the molecule is O=C(O)NC1CCCCC1C1(O)CNC1. The number of carbonyl (C=O) groups is 1. The van der Waals surface area contributed by atoms with Gasteiger partial charge in [0.1, 0.15) is 0 Å². The average Bonchev–Trinajstić information content (AvgIpc) is 2.14. The minimum Gasteiger partial charge on any atom is -0.465 e. The van der Waals surface area contributed by atoms with Gasteiger partial charge >= 0.3 is 6.09 Å². The molecule has 2 rings (SSSR count). The Bertz CT molecular complexity index is 253. The standard InChI is InChI=1S/C10H18N2O3/c13-9(14)12-8-4-2-1-3-7(8)10(15)5-11-6-10/h7-8,11-12,15H,1-6H2,(H,13,14). The molecule has 0 aromatic rings. The highest BCUT2D eigenvalue weighted by atomic mass is 16.4. The Morgan fingerprint density at radius 3 is 2.53 bits per heavy atom. The fraction of sp³-hybridized carbons (Fsp3) is 0.900. The molecule has 2 atom stereocenters. The smallest absolute Gasteiger partial charge is 0.404 e. The molecule has 86 valence electrons. The zero-order valence-corrected chi connectivity index (χ0v) is 8.70. The lowest BCUT2D eigenvalue weighted by molar-refractivity contribution is -0.0826. The topological polar surface area (TPSA) is 81.6 Å². The van der Waals surface area contributed by atoms with Gasteiger partial charge in [0.15, 0.2) is 0 Å². The first-order chi connectivity index (χ1) is 7.12. The normalized spacial score (nSPS) is 34.2. The van der Waals surface area contributed by atoms with Gasteiger partial charge in [0.05, 0.1) is 5.60 Å². The summed E-state index contributed by atoms with van der Waals surface area (Å²) in [7, 11) is 0. The van der Waals surface area contributed by atoms with E-state index in [0.717, 1.165) is 25.7 Å². The quantitative estimate of drug-likeness (QED) is 0.527. The fourth-order valence-corrected chi connectivity index (χ4v) is 2.75. The van der Waals surface area contributed by atoms with Crippen LogP contribution in [0.3, 0.4) is 0 Å². The third-order valence-electron chi connectivity index (χ3n) is 3.63. The number of carboxylic acid groups (broad SMARTS) is 1. The van der Waals surface area contributed by atoms with Crippen molar-refractivity contribution in [1.82, 2.24) is 10.6 Å². The Morgan fingerprint density at radius 2 is 2.00 bits per heavy atom. The van der Waals surface area contributed by atoms with Crippen molar-refractivity contribution in [1.29, 1.82) is 0 Å². The van der Waals surface area contributed by atoms with Crippen LogP contribution in [0.2, 0.25) is 0 Å². The molecule has 1 aliphatic heterocycles. The van der Waals surface area contributed by atoms with Gasteiger partial charge in [-0.1, -0.05) is 12.8 Å². The van der Waals surface area contributed by atoms with Gasteiger partial charge in [-0.3, -0.25) is 0 Å². The van der Waals surface area contributed by atoms with Gasteiger partial charge in [-0.25, -0.2) is 4.79 Å². The molecule has 2 unspecified atom stereocenters. The lowest BCUT2D eigenvalue weighted by Crippen LogP contribution is -2.67. The summed E-state index contributed by atoms with van der Waals surface area (Å²) in [5, 5.41) is 24.5. The maximum Gasteiger partial charge on any atom is 0.404 e. The molecule has 1 aliphatic carbocycles. The van der Waals surface area contributed by atoms with Crippen LogP contribution in [0.1, 0.15) is 25.7 Å². The van der Waals surface area contributed by atoms with Gasteiger partial charge in [0.25, 0.3) is 0 Å². The summed E-state index contributed by atoms with van der Waals surface area (Å²) in [6.07, 6.45) is 2.92. The van der Waals surface area contributed by atoms with E-state index in [4.69, 9.17) is 5.11 Å². The lowest BCUT2D eigenvalue weighted by atomic mass is 9.71. The van der Waals surface area contributed by atoms with Gasteiger partial charge in [0, 0.05) is 25.0 Å². The van der Waals surface area contributed by atoms with Crippen molar-refractivity contribution in [3.05, 3.63) is 0 Å². The first-order valence-electron chi connectivity index (χ1n) is 5.54. The summed E-state index contributed by atoms with van der Waals surface area (Å²) in [4.78, 5) is 10.6. The maximum atomic E-state index is 10.6. The van der Waals surface area contributed by atoms with E-state index >= 15 is 0 Å². The van der Waals surface area contributed by atoms with E-state index in [9.17, 15) is 9.90 Å². The molecule has 1 amide bonds. The second-order valence-electron chi connectivity index (χ2n) is 4.65. The van der Waals surface area contributed by atoms with Crippen LogP contribution < -0.4 is 10.6 Å². The van der Waals surface area contributed by atoms with E-state index in [-0.39, 0.29) is 12.0 Å². The van der Waals surface area contributed by atoms with Crippen LogP contribution in [0, 0.1) is 5.92 Å². The summed E-state index contributed by atoms with van der Waals surface area (Å²) in [5.41, 5.74) is -0.687. The van der Waals surface area contributed by atoms with Crippen LogP contribution in [0.15, 0.2) is 0 Å². The Kier molecular flexibility index (Phi) is 2.84. The van der Waals surface area contributed by atoms with E-state index in [1.807, 2.05) is 0 Å². The minimum absolute atomic E-state index is 0.0728. The number of β-amino-alcohol motifs (C(OH)–C–C–N with tert-alkyl or cyclic N) is 1. The number of amides is 1. The molecule has 0 aromatic carbocycles. The van der Waals surface area contributed by atoms with E-state index in [2.05, 4.69) is 10.6 Å². The minimum atomic E-state index is -0.984. The number of nitrogens with one attached hydrogen (secondary N) is 2. The average molecular weight is 214 g/mol. The molecule has 5 nitrogen and oxygen atoms in total. The molecule has 4 N–H and O–H groups in total. The zero-order valence-electron chi connectivity index (χ0n) is 8.70. The molecular formula is C10H18N2O3. The Labute approximate surface area is 88.9 Å². The van der Waals surface area contributed by atoms with E-state index in [0.29, 0.717) is 13.1 Å². The van der Waals surface area contributed by atoms with Crippen molar-refractivity contribution in [2.45, 2.75) is 37.3 Å². The number of hydrogen-bond acceptors (Lipinski definition) is 3. The highest BCUT2D eigenvalue weighted by molar-refractivity contribution is 5.64. The molecule has 0 aromatic heterocycles. The summed E-state index contributed by atoms with van der Waals surface area (Å²) in [6.45, 7) is 1.19. The zero-order chi connectivity index (χ0) is 10.9. The van der Waals surface area contributed by atoms with Crippen molar-refractivity contribution in [3.63, 3.8) is 0 Å². The second kappa shape index (κ2) is 3.98. The first kappa shape index (κ1) is 10.7. The molecule has 1 heterocycles. The molecular weight excluding hydrogens is 196 g/mol. The predicted molar refractivity (Wildman–Crippen MR) is 54.7 cm³/mol. The number of aliphatic hydroxyl groups is 1. The van der Waals surface area contributed by atoms with Gasteiger partial charge < -0.3 is 20.8 Å². The highest BCUT2D eigenvalue weighted by Gasteiger charge is 2.46. The van der Waals surface area contributed by atoms with Crippen molar-refractivity contribution < 1.29 is 15.0 Å². The summed E-state index contributed by atoms with van der Waals surface area (Å²) < 4.78 is 0. The number of rotatable bonds is 2. The van der Waals surface area contributed by atoms with Gasteiger partial charge in [0.2, 0.25) is 0 Å². The fourth-order valence-electron chi connectivity index (χ4n) is 2.75. The summed E-state index contributed by atoms with van der Waals surface area (Å²) in [6, 6.07) is -0.0802. The molecule has 0 spiro atoms. The van der Waals surface area contributed by atoms with Gasteiger partial charge in [-0.05, 0) is 12.8 Å². The predicted octanol–water partition coefficient (Wildman–Crippen LogP) is 0.147. The van der Waals surface area contributed by atoms with Gasteiger partial charge in [-0.15, -0.1) is 0 Å². The van der Waals surface area contributed by atoms with Crippen LogP contribution in [0.5, 0.6) is 0 Å². The second-order valence-corrected chi connectivity index (χ2v) is 4.65. The molecule has 0 radical (unpaired) electrons. The monoisotopic (exact) mass is 214 g/mol. The van der Waals surface area contributed by atoms with Crippen LogP contribution in [0.4, 0.5) is 4.79 Å². The van der Waals surface area contributed by atoms with Crippen LogP contribution in [-0.4, -0.2) is 41.0 Å². The first-order valence-corrected chi connectivity index (χ1v) is 5.54. The molecule has 2 fully saturated rings. The number of hydrogen-bond donors (Lipinski definition) is 4. The molecule has 1 saturated heterocycles. The van der Waals surface area contributed by atoms with E-state index in [1.54, 1.807) is 0 Å². The van der Waals surface area contributed by atoms with Crippen LogP contribution in [0.25, 0.3) is 0 Å². The molecule has 1 saturated carbocycles. The maximum absolute atomic E-state index is 10.6. The summed E-state index contributed by atoms with van der Waals surface area (Å²) in [5.74, 6) is 0.0728. The van der Waals surface area contributed by atoms with Crippen LogP contribution in [-0.2, 0) is 0 Å². The van der Waals surface area contributed by atoms with Crippen molar-refractivity contribution in [2.24, 2.45) is 5.92 Å².